The van der Waals surface area contributed by atoms with Crippen molar-refractivity contribution in [2.45, 2.75) is 39.5 Å². The van der Waals surface area contributed by atoms with Crippen molar-refractivity contribution >= 4 is 21.8 Å². The van der Waals surface area contributed by atoms with Crippen LogP contribution in [-0.4, -0.2) is 50.5 Å². The van der Waals surface area contributed by atoms with Crippen LogP contribution in [0.25, 0.3) is 0 Å². The van der Waals surface area contributed by atoms with Crippen LogP contribution in [0.5, 0.6) is 5.75 Å². The maximum atomic E-state index is 14.6. The number of hydrogen-bond donors (Lipinski definition) is 2. The minimum atomic E-state index is -4.16. The summed E-state index contributed by atoms with van der Waals surface area (Å²) in [6, 6.07) is 2.64. The average Bonchev–Trinajstić information content (AvgIpc) is 3.14. The van der Waals surface area contributed by atoms with Crippen LogP contribution in [0, 0.1) is 17.7 Å². The second-order valence-corrected chi connectivity index (χ2v) is 9.75. The summed E-state index contributed by atoms with van der Waals surface area (Å²) >= 11 is 0. The summed E-state index contributed by atoms with van der Waals surface area (Å²) in [5, 5.41) is 10.2. The summed E-state index contributed by atoms with van der Waals surface area (Å²) in [6.45, 7) is 7.13. The molecule has 3 rings (SSSR count). The molecule has 2 aliphatic heterocycles. The van der Waals surface area contributed by atoms with Gasteiger partial charge < -0.3 is 10.0 Å². The number of benzene rings is 1. The smallest absolute Gasteiger partial charge is 0.326 e. The summed E-state index contributed by atoms with van der Waals surface area (Å²) in [6.07, 6.45) is 3.80. The van der Waals surface area contributed by atoms with E-state index in [2.05, 4.69) is 18.7 Å². The molecule has 1 aromatic carbocycles. The van der Waals surface area contributed by atoms with Gasteiger partial charge in [-0.3, -0.25) is 4.79 Å². The van der Waals surface area contributed by atoms with Crippen molar-refractivity contribution in [1.29, 1.82) is 0 Å². The molecule has 2 aliphatic rings. The van der Waals surface area contributed by atoms with Crippen molar-refractivity contribution in [3.63, 3.8) is 0 Å². The van der Waals surface area contributed by atoms with Crippen molar-refractivity contribution in [1.82, 2.24) is 9.62 Å². The van der Waals surface area contributed by atoms with Crippen LogP contribution in [-0.2, 0) is 21.4 Å². The molecular formula is C19H28FN3O4S. The highest BCUT2D eigenvalue weighted by atomic mass is 32.2. The number of phenolic OH excluding ortho intramolecular Hbond substituents is 1. The normalized spacial score (nSPS) is 22.2. The zero-order valence-corrected chi connectivity index (χ0v) is 17.1. The first-order valence-corrected chi connectivity index (χ1v) is 11.2. The molecule has 28 heavy (non-hydrogen) atoms. The lowest BCUT2D eigenvalue weighted by Gasteiger charge is -2.18. The minimum absolute atomic E-state index is 0.472. The third kappa shape index (κ3) is 4.75. The van der Waals surface area contributed by atoms with E-state index in [-0.39, 0.29) is 0 Å². The van der Waals surface area contributed by atoms with E-state index in [9.17, 15) is 22.7 Å². The molecule has 1 unspecified atom stereocenters. The predicted molar refractivity (Wildman–Crippen MR) is 105 cm³/mol. The number of rotatable bonds is 7. The minimum Gasteiger partial charge on any atom is -0.506 e. The number of halogens is 1. The van der Waals surface area contributed by atoms with Crippen molar-refractivity contribution in [2.24, 2.45) is 11.8 Å². The Morgan fingerprint density at radius 3 is 2.71 bits per heavy atom. The first-order chi connectivity index (χ1) is 13.2. The van der Waals surface area contributed by atoms with Gasteiger partial charge in [0.1, 0.15) is 18.0 Å². The first kappa shape index (κ1) is 20.9. The molecule has 0 bridgehead atoms. The maximum absolute atomic E-state index is 14.6. The third-order valence-electron chi connectivity index (χ3n) is 5.41. The van der Waals surface area contributed by atoms with Gasteiger partial charge in [0.05, 0.1) is 0 Å². The van der Waals surface area contributed by atoms with Crippen LogP contribution in [0.15, 0.2) is 12.1 Å². The molecule has 2 saturated heterocycles. The van der Waals surface area contributed by atoms with E-state index in [4.69, 9.17) is 0 Å². The predicted octanol–water partition coefficient (Wildman–Crippen LogP) is 2.01. The van der Waals surface area contributed by atoms with E-state index in [1.54, 1.807) is 4.72 Å². The molecule has 1 atom stereocenters. The number of nitrogens with zero attached hydrogens (tertiary/aromatic N) is 2. The van der Waals surface area contributed by atoms with E-state index in [1.165, 1.54) is 18.6 Å². The molecule has 9 heteroatoms. The second-order valence-electron chi connectivity index (χ2n) is 8.16. The lowest BCUT2D eigenvalue weighted by molar-refractivity contribution is -0.117. The Balaban J connectivity index is 1.62. The molecule has 0 aromatic heterocycles. The van der Waals surface area contributed by atoms with Gasteiger partial charge in [-0.2, -0.15) is 8.42 Å². The Morgan fingerprint density at radius 2 is 2.11 bits per heavy atom. The Morgan fingerprint density at radius 1 is 1.36 bits per heavy atom. The molecule has 156 valence electrons. The van der Waals surface area contributed by atoms with Crippen LogP contribution in [0.2, 0.25) is 0 Å². The fourth-order valence-electron chi connectivity index (χ4n) is 3.84. The molecule has 2 N–H and O–H groups in total. The highest BCUT2D eigenvalue weighted by Crippen LogP contribution is 2.35. The first-order valence-electron chi connectivity index (χ1n) is 9.72. The number of carbonyl (C=O) groups is 1. The lowest BCUT2D eigenvalue weighted by Crippen LogP contribution is -2.30. The van der Waals surface area contributed by atoms with Crippen LogP contribution < -0.4 is 9.03 Å². The molecule has 1 aromatic rings. The lowest BCUT2D eigenvalue weighted by atomic mass is 9.98. The van der Waals surface area contributed by atoms with Crippen molar-refractivity contribution < 1.29 is 22.7 Å². The summed E-state index contributed by atoms with van der Waals surface area (Å²) < 4.78 is 40.7. The molecular weight excluding hydrogens is 385 g/mol. The molecule has 0 saturated carbocycles. The second kappa shape index (κ2) is 8.24. The quantitative estimate of drug-likeness (QED) is 0.714. The number of likely N-dealkylation sites (tertiary alicyclic amines) is 1. The fourth-order valence-corrected chi connectivity index (χ4v) is 5.01. The maximum Gasteiger partial charge on any atom is 0.326 e. The van der Waals surface area contributed by atoms with Gasteiger partial charge in [-0.15, -0.1) is 0 Å². The standard InChI is InChI=1S/C19H28FN3O4S/c1-13(2)5-7-22-8-6-14(11-22)3-4-15-9-16(20)19(17(24)10-15)23-12-18(25)21-28(23,26)27/h9-10,13-14,24H,3-8,11-12H2,1-2H3,(H,21,25). The third-order valence-corrected chi connectivity index (χ3v) is 6.78. The molecule has 0 aliphatic carbocycles. The number of aryl methyl sites for hydroxylation is 1. The van der Waals surface area contributed by atoms with Gasteiger partial charge in [-0.1, -0.05) is 13.8 Å². The number of hydrogen-bond acceptors (Lipinski definition) is 5. The number of nitrogens with one attached hydrogen (secondary N) is 1. The fraction of sp³-hybridized carbons (Fsp3) is 0.632. The summed E-state index contributed by atoms with van der Waals surface area (Å²) in [7, 11) is -4.16. The highest BCUT2D eigenvalue weighted by Gasteiger charge is 2.37. The molecule has 2 heterocycles. The molecule has 1 amide bonds. The van der Waals surface area contributed by atoms with Crippen LogP contribution >= 0.6 is 0 Å². The van der Waals surface area contributed by atoms with E-state index >= 15 is 0 Å². The summed E-state index contributed by atoms with van der Waals surface area (Å²) in [5.74, 6) is -0.850. The van der Waals surface area contributed by atoms with Gasteiger partial charge in [0.2, 0.25) is 0 Å². The Bertz CT molecular complexity index is 821. The van der Waals surface area contributed by atoms with Gasteiger partial charge in [0, 0.05) is 6.54 Å². The van der Waals surface area contributed by atoms with Crippen molar-refractivity contribution in [2.75, 3.05) is 30.5 Å². The average molecular weight is 414 g/mol. The monoisotopic (exact) mass is 413 g/mol. The van der Waals surface area contributed by atoms with Gasteiger partial charge in [-0.25, -0.2) is 13.4 Å². The zero-order valence-electron chi connectivity index (χ0n) is 16.3. The summed E-state index contributed by atoms with van der Waals surface area (Å²) in [5.41, 5.74) is 0.137. The molecule has 2 fully saturated rings. The van der Waals surface area contributed by atoms with Crippen LogP contribution in [0.1, 0.15) is 38.7 Å². The molecule has 7 nitrogen and oxygen atoms in total. The Hall–Kier alpha value is -1.87. The largest absolute Gasteiger partial charge is 0.506 e. The van der Waals surface area contributed by atoms with Crippen molar-refractivity contribution in [3.05, 3.63) is 23.5 Å². The van der Waals surface area contributed by atoms with Gasteiger partial charge in [0.25, 0.3) is 5.91 Å². The molecule has 0 radical (unpaired) electrons. The number of phenols is 1. The van der Waals surface area contributed by atoms with E-state index in [1.807, 2.05) is 0 Å². The SMILES string of the molecule is CC(C)CCN1CCC(CCc2cc(O)c(N3CC(=O)NS3(=O)=O)c(F)c2)C1. The number of amides is 1. The number of anilines is 1. The highest BCUT2D eigenvalue weighted by molar-refractivity contribution is 7.92. The number of aromatic hydroxyl groups is 1. The van der Waals surface area contributed by atoms with Gasteiger partial charge >= 0.3 is 10.2 Å². The number of carbonyl (C=O) groups excluding carboxylic acids is 1. The van der Waals surface area contributed by atoms with Crippen LogP contribution in [0.3, 0.4) is 0 Å². The van der Waals surface area contributed by atoms with E-state index in [0.29, 0.717) is 28.1 Å². The van der Waals surface area contributed by atoms with Crippen molar-refractivity contribution in [3.8, 4) is 5.75 Å². The van der Waals surface area contributed by atoms with E-state index in [0.717, 1.165) is 32.5 Å². The molecule has 0 spiro atoms. The Labute approximate surface area is 165 Å². The van der Waals surface area contributed by atoms with E-state index < -0.39 is 39.9 Å². The topological polar surface area (TPSA) is 89.9 Å². The van der Waals surface area contributed by atoms with Gasteiger partial charge in [0.15, 0.2) is 5.82 Å². The summed E-state index contributed by atoms with van der Waals surface area (Å²) in [4.78, 5) is 13.8. The van der Waals surface area contributed by atoms with Gasteiger partial charge in [-0.05, 0) is 68.3 Å². The Kier molecular flexibility index (Phi) is 6.14. The zero-order chi connectivity index (χ0) is 20.5. The van der Waals surface area contributed by atoms with Crippen LogP contribution in [0.4, 0.5) is 10.1 Å².